The maximum atomic E-state index is 4.25. The van der Waals surface area contributed by atoms with Crippen molar-refractivity contribution in [2.24, 2.45) is 0 Å². The number of hydrogen-bond acceptors (Lipinski definition) is 2. The highest BCUT2D eigenvalue weighted by Gasteiger charge is 1.94. The molecule has 0 saturated carbocycles. The van der Waals surface area contributed by atoms with Crippen molar-refractivity contribution in [2.45, 2.75) is 13.5 Å². The van der Waals surface area contributed by atoms with E-state index >= 15 is 0 Å². The zero-order chi connectivity index (χ0) is 9.80. The molecule has 2 aromatic rings. The number of nitrogens with zero attached hydrogens (tertiary/aromatic N) is 1. The van der Waals surface area contributed by atoms with Crippen molar-refractivity contribution in [3.05, 3.63) is 47.9 Å². The molecule has 0 atom stereocenters. The lowest BCUT2D eigenvalue weighted by Gasteiger charge is -2.03. The Kier molecular flexibility index (Phi) is 2.49. The molecule has 0 bridgehead atoms. The standard InChI is InChI=1S/C11H13N3/c1-9-4-5-11(13-7-9)14-8-10-3-2-6-12-10/h2-7,12H,8H2,1H3,(H,13,14). The van der Waals surface area contributed by atoms with E-state index in [9.17, 15) is 0 Å². The number of pyridine rings is 1. The first-order valence-electron chi connectivity index (χ1n) is 4.63. The number of H-pyrrole nitrogens is 1. The highest BCUT2D eigenvalue weighted by atomic mass is 15.0. The molecule has 0 aliphatic rings. The fourth-order valence-electron chi connectivity index (χ4n) is 1.24. The molecule has 3 nitrogen and oxygen atoms in total. The maximum Gasteiger partial charge on any atom is 0.126 e. The molecule has 2 aromatic heterocycles. The van der Waals surface area contributed by atoms with Crippen LogP contribution in [0.1, 0.15) is 11.3 Å². The van der Waals surface area contributed by atoms with E-state index in [1.807, 2.05) is 43.6 Å². The molecular formula is C11H13N3. The lowest BCUT2D eigenvalue weighted by molar-refractivity contribution is 1.05. The molecule has 72 valence electrons. The Hall–Kier alpha value is -1.77. The average molecular weight is 187 g/mol. The molecule has 0 fully saturated rings. The van der Waals surface area contributed by atoms with Crippen molar-refractivity contribution in [1.29, 1.82) is 0 Å². The number of aryl methyl sites for hydroxylation is 1. The van der Waals surface area contributed by atoms with Crippen LogP contribution in [0, 0.1) is 6.92 Å². The van der Waals surface area contributed by atoms with Gasteiger partial charge in [-0.1, -0.05) is 6.07 Å². The molecular weight excluding hydrogens is 174 g/mol. The Bertz CT molecular complexity index is 375. The van der Waals surface area contributed by atoms with Crippen molar-refractivity contribution >= 4 is 5.82 Å². The second kappa shape index (κ2) is 3.96. The number of hydrogen-bond donors (Lipinski definition) is 2. The third-order valence-electron chi connectivity index (χ3n) is 2.03. The van der Waals surface area contributed by atoms with Crippen molar-refractivity contribution in [1.82, 2.24) is 9.97 Å². The molecule has 0 spiro atoms. The van der Waals surface area contributed by atoms with Crippen LogP contribution in [0.5, 0.6) is 0 Å². The summed E-state index contributed by atoms with van der Waals surface area (Å²) in [7, 11) is 0. The highest BCUT2D eigenvalue weighted by Crippen LogP contribution is 2.05. The van der Waals surface area contributed by atoms with E-state index in [1.165, 1.54) is 5.56 Å². The summed E-state index contributed by atoms with van der Waals surface area (Å²) < 4.78 is 0. The van der Waals surface area contributed by atoms with Gasteiger partial charge in [-0.05, 0) is 30.7 Å². The van der Waals surface area contributed by atoms with E-state index < -0.39 is 0 Å². The second-order valence-corrected chi connectivity index (χ2v) is 3.27. The van der Waals surface area contributed by atoms with E-state index in [0.29, 0.717) is 0 Å². The summed E-state index contributed by atoms with van der Waals surface area (Å²) in [5, 5.41) is 3.23. The fraction of sp³-hybridized carbons (Fsp3) is 0.182. The molecule has 0 aliphatic carbocycles. The van der Waals surface area contributed by atoms with Crippen molar-refractivity contribution in [3.8, 4) is 0 Å². The smallest absolute Gasteiger partial charge is 0.126 e. The summed E-state index contributed by atoms with van der Waals surface area (Å²) >= 11 is 0. The van der Waals surface area contributed by atoms with E-state index in [2.05, 4.69) is 15.3 Å². The largest absolute Gasteiger partial charge is 0.365 e. The minimum Gasteiger partial charge on any atom is -0.365 e. The Morgan fingerprint density at radius 2 is 2.29 bits per heavy atom. The minimum absolute atomic E-state index is 0.781. The lowest BCUT2D eigenvalue weighted by Crippen LogP contribution is -2.01. The van der Waals surface area contributed by atoms with Gasteiger partial charge in [0.25, 0.3) is 0 Å². The Morgan fingerprint density at radius 3 is 2.93 bits per heavy atom. The van der Waals surface area contributed by atoms with Gasteiger partial charge in [0.05, 0.1) is 6.54 Å². The normalized spacial score (nSPS) is 10.1. The maximum absolute atomic E-state index is 4.25. The van der Waals surface area contributed by atoms with Crippen LogP contribution in [0.4, 0.5) is 5.82 Å². The van der Waals surface area contributed by atoms with Crippen LogP contribution in [0.15, 0.2) is 36.7 Å². The van der Waals surface area contributed by atoms with E-state index in [0.717, 1.165) is 18.1 Å². The van der Waals surface area contributed by atoms with Crippen molar-refractivity contribution < 1.29 is 0 Å². The lowest BCUT2D eigenvalue weighted by atomic mass is 10.3. The number of anilines is 1. The van der Waals surface area contributed by atoms with Crippen LogP contribution in [-0.2, 0) is 6.54 Å². The summed E-state index contributed by atoms with van der Waals surface area (Å²) in [5.41, 5.74) is 2.34. The van der Waals surface area contributed by atoms with Gasteiger partial charge < -0.3 is 10.3 Å². The van der Waals surface area contributed by atoms with Crippen LogP contribution >= 0.6 is 0 Å². The monoisotopic (exact) mass is 187 g/mol. The summed E-state index contributed by atoms with van der Waals surface area (Å²) in [4.78, 5) is 7.38. The second-order valence-electron chi connectivity index (χ2n) is 3.27. The van der Waals surface area contributed by atoms with Crippen molar-refractivity contribution in [3.63, 3.8) is 0 Å². The predicted molar refractivity (Wildman–Crippen MR) is 57.1 cm³/mol. The Labute approximate surface area is 83.2 Å². The third-order valence-corrected chi connectivity index (χ3v) is 2.03. The molecule has 2 N–H and O–H groups in total. The Morgan fingerprint density at radius 1 is 1.36 bits per heavy atom. The minimum atomic E-state index is 0.781. The number of nitrogens with one attached hydrogen (secondary N) is 2. The number of rotatable bonds is 3. The van der Waals surface area contributed by atoms with Crippen molar-refractivity contribution in [2.75, 3.05) is 5.32 Å². The van der Waals surface area contributed by atoms with Crippen LogP contribution in [-0.4, -0.2) is 9.97 Å². The van der Waals surface area contributed by atoms with Crippen LogP contribution in [0.25, 0.3) is 0 Å². The molecule has 0 saturated heterocycles. The van der Waals surface area contributed by atoms with Gasteiger partial charge in [-0.15, -0.1) is 0 Å². The van der Waals surface area contributed by atoms with E-state index in [1.54, 1.807) is 0 Å². The topological polar surface area (TPSA) is 40.7 Å². The molecule has 0 aliphatic heterocycles. The number of aromatic nitrogens is 2. The summed E-state index contributed by atoms with van der Waals surface area (Å²) in [5.74, 6) is 0.908. The van der Waals surface area contributed by atoms with Gasteiger partial charge in [-0.2, -0.15) is 0 Å². The average Bonchev–Trinajstić information content (AvgIpc) is 2.70. The van der Waals surface area contributed by atoms with Gasteiger partial charge in [0.15, 0.2) is 0 Å². The first-order valence-corrected chi connectivity index (χ1v) is 4.63. The van der Waals surface area contributed by atoms with Gasteiger partial charge in [0.2, 0.25) is 0 Å². The summed E-state index contributed by atoms with van der Waals surface area (Å²) in [6.07, 6.45) is 3.77. The first kappa shape index (κ1) is 8.81. The molecule has 0 unspecified atom stereocenters. The zero-order valence-corrected chi connectivity index (χ0v) is 8.12. The molecule has 0 radical (unpaired) electrons. The van der Waals surface area contributed by atoms with Gasteiger partial charge in [-0.3, -0.25) is 0 Å². The zero-order valence-electron chi connectivity index (χ0n) is 8.12. The van der Waals surface area contributed by atoms with Gasteiger partial charge in [0.1, 0.15) is 5.82 Å². The van der Waals surface area contributed by atoms with Crippen LogP contribution < -0.4 is 5.32 Å². The van der Waals surface area contributed by atoms with Gasteiger partial charge in [-0.25, -0.2) is 4.98 Å². The fourth-order valence-corrected chi connectivity index (χ4v) is 1.24. The first-order chi connectivity index (χ1) is 6.84. The summed E-state index contributed by atoms with van der Waals surface area (Å²) in [6, 6.07) is 8.06. The van der Waals surface area contributed by atoms with E-state index in [4.69, 9.17) is 0 Å². The van der Waals surface area contributed by atoms with Gasteiger partial charge >= 0.3 is 0 Å². The summed E-state index contributed by atoms with van der Waals surface area (Å²) in [6.45, 7) is 2.81. The van der Waals surface area contributed by atoms with Gasteiger partial charge in [0, 0.05) is 18.1 Å². The van der Waals surface area contributed by atoms with Crippen LogP contribution in [0.3, 0.4) is 0 Å². The van der Waals surface area contributed by atoms with Crippen LogP contribution in [0.2, 0.25) is 0 Å². The molecule has 2 rings (SSSR count). The Balaban J connectivity index is 1.95. The molecule has 0 amide bonds. The molecule has 0 aromatic carbocycles. The SMILES string of the molecule is Cc1ccc(NCc2ccc[nH]2)nc1. The predicted octanol–water partition coefficient (Wildman–Crippen LogP) is 2.33. The highest BCUT2D eigenvalue weighted by molar-refractivity contribution is 5.35. The quantitative estimate of drug-likeness (QED) is 0.774. The van der Waals surface area contributed by atoms with E-state index in [-0.39, 0.29) is 0 Å². The number of aromatic amines is 1. The molecule has 2 heterocycles. The third kappa shape index (κ3) is 2.13. The molecule has 14 heavy (non-hydrogen) atoms. The molecule has 3 heteroatoms.